The van der Waals surface area contributed by atoms with Gasteiger partial charge in [-0.1, -0.05) is 72.8 Å². The Labute approximate surface area is 238 Å². The van der Waals surface area contributed by atoms with Crippen LogP contribution in [0.5, 0.6) is 0 Å². The molecule has 0 fully saturated rings. The molecule has 0 saturated heterocycles. The number of pyridine rings is 3. The van der Waals surface area contributed by atoms with Crippen molar-refractivity contribution in [2.45, 2.75) is 0 Å². The van der Waals surface area contributed by atoms with Crippen molar-refractivity contribution in [1.82, 2.24) is 15.0 Å². The van der Waals surface area contributed by atoms with Gasteiger partial charge in [0.25, 0.3) is 0 Å². The second-order valence-corrected chi connectivity index (χ2v) is 8.03. The molecule has 3 heterocycles. The van der Waals surface area contributed by atoms with Crippen LogP contribution >= 0.6 is 0 Å². The molecule has 40 heavy (non-hydrogen) atoms. The number of rotatable bonds is 3. The number of carbonyl (C=O) groups excluding carboxylic acids is 3. The van der Waals surface area contributed by atoms with E-state index in [2.05, 4.69) is 15.0 Å². The number of aromatic nitrogens is 3. The molecule has 6 aromatic rings. The summed E-state index contributed by atoms with van der Waals surface area (Å²) >= 11 is 0. The second-order valence-electron chi connectivity index (χ2n) is 8.03. The molecule has 0 aliphatic rings. The van der Waals surface area contributed by atoms with Crippen LogP contribution in [-0.2, 0) is 17.4 Å². The molecule has 3 aromatic carbocycles. The fraction of sp³-hybridized carbons (Fsp3) is 0. The van der Waals surface area contributed by atoms with Gasteiger partial charge < -0.3 is 29.7 Å². The Balaban J connectivity index is 0.000000163. The number of hydrogen-bond donors (Lipinski definition) is 0. The van der Waals surface area contributed by atoms with Crippen LogP contribution in [0.4, 0.5) is 0 Å². The number of aromatic carboxylic acids is 3. The normalized spacial score (nSPS) is 9.90. The molecule has 0 aliphatic carbocycles. The second kappa shape index (κ2) is 13.6. The van der Waals surface area contributed by atoms with Gasteiger partial charge in [0.1, 0.15) is 0 Å². The SMILES string of the molecule is O=C([O-])c1ccc2ccccc2n1.O=C([O-])c1ccc2ccccc2n1.O=C([O-])c1ccc2ccccc2n1.[Cr+3]. The van der Waals surface area contributed by atoms with Gasteiger partial charge in [0.15, 0.2) is 0 Å². The third kappa shape index (κ3) is 7.45. The summed E-state index contributed by atoms with van der Waals surface area (Å²) in [6.45, 7) is 0. The molecule has 10 heteroatoms. The van der Waals surface area contributed by atoms with Crippen LogP contribution in [-0.4, -0.2) is 32.9 Å². The fourth-order valence-corrected chi connectivity index (χ4v) is 3.54. The Morgan fingerprint density at radius 3 is 0.900 bits per heavy atom. The molecule has 0 amide bonds. The summed E-state index contributed by atoms with van der Waals surface area (Å²) in [5, 5.41) is 34.2. The molecule has 0 atom stereocenters. The predicted octanol–water partition coefficient (Wildman–Crippen LogP) is 1.79. The first-order chi connectivity index (χ1) is 18.8. The summed E-state index contributed by atoms with van der Waals surface area (Å²) in [5.41, 5.74) is 1.92. The van der Waals surface area contributed by atoms with E-state index in [1.54, 1.807) is 36.4 Å². The Kier molecular flexibility index (Phi) is 9.97. The van der Waals surface area contributed by atoms with E-state index in [0.29, 0.717) is 16.6 Å². The zero-order chi connectivity index (χ0) is 27.8. The van der Waals surface area contributed by atoms with Crippen molar-refractivity contribution in [1.29, 1.82) is 0 Å². The van der Waals surface area contributed by atoms with Crippen LogP contribution in [0.3, 0.4) is 0 Å². The minimum Gasteiger partial charge on any atom is -0.543 e. The first-order valence-corrected chi connectivity index (χ1v) is 11.5. The van der Waals surface area contributed by atoms with E-state index < -0.39 is 17.9 Å². The average molecular weight is 568 g/mol. The maximum absolute atomic E-state index is 10.5. The summed E-state index contributed by atoms with van der Waals surface area (Å²) in [6, 6.07) is 31.5. The molecular formula is C30H18CrN3O6. The van der Waals surface area contributed by atoms with Gasteiger partial charge >= 0.3 is 17.4 Å². The van der Waals surface area contributed by atoms with Gasteiger partial charge in [-0.25, -0.2) is 15.0 Å². The van der Waals surface area contributed by atoms with Crippen molar-refractivity contribution >= 4 is 50.6 Å². The maximum Gasteiger partial charge on any atom is 3.00 e. The molecule has 9 nitrogen and oxygen atoms in total. The Morgan fingerprint density at radius 1 is 0.400 bits per heavy atom. The van der Waals surface area contributed by atoms with E-state index in [1.165, 1.54) is 18.2 Å². The smallest absolute Gasteiger partial charge is 0.543 e. The Morgan fingerprint density at radius 2 is 0.650 bits per heavy atom. The van der Waals surface area contributed by atoms with Gasteiger partial charge in [0.05, 0.1) is 51.5 Å². The van der Waals surface area contributed by atoms with Crippen LogP contribution in [0.15, 0.2) is 109 Å². The third-order valence-corrected chi connectivity index (χ3v) is 5.42. The van der Waals surface area contributed by atoms with Gasteiger partial charge in [-0.2, -0.15) is 0 Å². The standard InChI is InChI=1S/3C10H7NO2.Cr/c3*12-10(13)9-6-5-7-3-1-2-4-8(7)11-9;/h3*1-6H,(H,12,13);/q;;;+3/p-3. The zero-order valence-corrected chi connectivity index (χ0v) is 21.9. The van der Waals surface area contributed by atoms with Crippen LogP contribution in [0.25, 0.3) is 32.7 Å². The number of para-hydroxylation sites is 3. The van der Waals surface area contributed by atoms with Crippen LogP contribution < -0.4 is 15.3 Å². The van der Waals surface area contributed by atoms with Gasteiger partial charge in [0, 0.05) is 16.2 Å². The summed E-state index contributed by atoms with van der Waals surface area (Å²) in [7, 11) is 0. The van der Waals surface area contributed by atoms with Crippen LogP contribution in [0, 0.1) is 0 Å². The first kappa shape index (κ1) is 29.4. The monoisotopic (exact) mass is 568 g/mol. The fourth-order valence-electron chi connectivity index (χ4n) is 3.54. The molecule has 0 bridgehead atoms. The molecule has 195 valence electrons. The molecule has 6 rings (SSSR count). The topological polar surface area (TPSA) is 159 Å². The zero-order valence-electron chi connectivity index (χ0n) is 20.6. The summed E-state index contributed by atoms with van der Waals surface area (Å²) in [6.07, 6.45) is 0. The van der Waals surface area contributed by atoms with Gasteiger partial charge in [-0.05, 0) is 36.4 Å². The van der Waals surface area contributed by atoms with E-state index >= 15 is 0 Å². The number of carbonyl (C=O) groups is 3. The third-order valence-electron chi connectivity index (χ3n) is 5.42. The molecule has 3 aromatic heterocycles. The van der Waals surface area contributed by atoms with E-state index in [9.17, 15) is 29.7 Å². The van der Waals surface area contributed by atoms with Gasteiger partial charge in [-0.15, -0.1) is 0 Å². The first-order valence-electron chi connectivity index (χ1n) is 11.5. The quantitative estimate of drug-likeness (QED) is 0.310. The van der Waals surface area contributed by atoms with Crippen molar-refractivity contribution in [2.24, 2.45) is 0 Å². The van der Waals surface area contributed by atoms with Crippen molar-refractivity contribution < 1.29 is 47.1 Å². The number of nitrogens with zero attached hydrogens (tertiary/aromatic N) is 3. The Bertz CT molecular complexity index is 1610. The summed E-state index contributed by atoms with van der Waals surface area (Å²) < 4.78 is 0. The molecule has 0 aliphatic heterocycles. The van der Waals surface area contributed by atoms with Crippen LogP contribution in [0.1, 0.15) is 31.5 Å². The van der Waals surface area contributed by atoms with Crippen molar-refractivity contribution in [3.05, 3.63) is 126 Å². The number of fused-ring (bicyclic) bond motifs is 3. The number of carboxylic acids is 3. The van der Waals surface area contributed by atoms with Crippen LogP contribution in [0.2, 0.25) is 0 Å². The molecule has 1 radical (unpaired) electrons. The molecule has 0 spiro atoms. The Hall–Kier alpha value is -5.17. The maximum atomic E-state index is 10.5. The van der Waals surface area contributed by atoms with Gasteiger partial charge in [0.2, 0.25) is 0 Å². The van der Waals surface area contributed by atoms with Crippen molar-refractivity contribution in [3.8, 4) is 0 Å². The summed E-state index contributed by atoms with van der Waals surface area (Å²) in [4.78, 5) is 43.2. The van der Waals surface area contributed by atoms with Crippen molar-refractivity contribution in [2.75, 3.05) is 0 Å². The predicted molar refractivity (Wildman–Crippen MR) is 138 cm³/mol. The largest absolute Gasteiger partial charge is 3.00 e. The van der Waals surface area contributed by atoms with E-state index in [4.69, 9.17) is 0 Å². The molecular weight excluding hydrogens is 550 g/mol. The minimum atomic E-state index is -1.24. The summed E-state index contributed by atoms with van der Waals surface area (Å²) in [5.74, 6) is -3.73. The average Bonchev–Trinajstić information content (AvgIpc) is 2.97. The number of carboxylic acid groups (broad SMARTS) is 3. The van der Waals surface area contributed by atoms with E-state index in [1.807, 2.05) is 54.6 Å². The molecule has 0 N–H and O–H groups in total. The molecule has 0 unspecified atom stereocenters. The number of benzene rings is 3. The van der Waals surface area contributed by atoms with E-state index in [0.717, 1.165) is 16.2 Å². The van der Waals surface area contributed by atoms with Gasteiger partial charge in [-0.3, -0.25) is 0 Å². The minimum absolute atomic E-state index is 0. The van der Waals surface area contributed by atoms with Crippen molar-refractivity contribution in [3.63, 3.8) is 0 Å². The molecule has 0 saturated carbocycles. The number of hydrogen-bond acceptors (Lipinski definition) is 9. The van der Waals surface area contributed by atoms with E-state index in [-0.39, 0.29) is 34.4 Å².